The van der Waals surface area contributed by atoms with Gasteiger partial charge in [-0.1, -0.05) is 23.7 Å². The van der Waals surface area contributed by atoms with Crippen LogP contribution in [-0.2, 0) is 5.60 Å². The van der Waals surface area contributed by atoms with Gasteiger partial charge >= 0.3 is 0 Å². The molecule has 0 spiro atoms. The second-order valence-electron chi connectivity index (χ2n) is 8.60. The van der Waals surface area contributed by atoms with Crippen LogP contribution in [0, 0.1) is 5.82 Å². The van der Waals surface area contributed by atoms with E-state index in [4.69, 9.17) is 11.6 Å². The molecule has 2 aromatic heterocycles. The summed E-state index contributed by atoms with van der Waals surface area (Å²) in [7, 11) is 1.68. The molecule has 0 radical (unpaired) electrons. The Balaban J connectivity index is 1.73. The Morgan fingerprint density at radius 2 is 1.79 bits per heavy atom. The second-order valence-corrected chi connectivity index (χ2v) is 9.01. The molecule has 34 heavy (non-hydrogen) atoms. The molecule has 0 saturated heterocycles. The number of nitrogens with zero attached hydrogens (tertiary/aromatic N) is 4. The Labute approximate surface area is 202 Å². The molecule has 0 saturated carbocycles. The molecule has 1 atom stereocenters. The highest BCUT2D eigenvalue weighted by molar-refractivity contribution is 6.34. The molecular formula is C26H25ClFN5O. The molecule has 2 N–H and O–H groups in total. The van der Waals surface area contributed by atoms with Crippen LogP contribution in [-0.4, -0.2) is 33.3 Å². The lowest BCUT2D eigenvalue weighted by Gasteiger charge is -2.20. The number of hydrogen-bond acceptors (Lipinski definition) is 6. The zero-order valence-corrected chi connectivity index (χ0v) is 20.1. The van der Waals surface area contributed by atoms with Crippen LogP contribution in [0.15, 0.2) is 60.0 Å². The van der Waals surface area contributed by atoms with Crippen LogP contribution in [0.2, 0.25) is 5.02 Å². The molecule has 174 valence electrons. The van der Waals surface area contributed by atoms with Crippen molar-refractivity contribution in [1.29, 1.82) is 0 Å². The molecule has 2 heterocycles. The summed E-state index contributed by atoms with van der Waals surface area (Å²) < 4.78 is 14.6. The van der Waals surface area contributed by atoms with Gasteiger partial charge in [-0.15, -0.1) is 0 Å². The van der Waals surface area contributed by atoms with Gasteiger partial charge in [-0.2, -0.15) is 0 Å². The molecule has 4 aromatic rings. The molecule has 0 amide bonds. The summed E-state index contributed by atoms with van der Waals surface area (Å²) in [6, 6.07) is 10.3. The summed E-state index contributed by atoms with van der Waals surface area (Å²) in [6.45, 7) is 5.15. The lowest BCUT2D eigenvalue weighted by atomic mass is 10.0. The minimum atomic E-state index is -1.12. The fourth-order valence-electron chi connectivity index (χ4n) is 3.71. The van der Waals surface area contributed by atoms with Crippen molar-refractivity contribution in [1.82, 2.24) is 15.0 Å². The summed E-state index contributed by atoms with van der Waals surface area (Å²) in [4.78, 5) is 17.0. The van der Waals surface area contributed by atoms with Gasteiger partial charge in [-0.05, 0) is 56.2 Å². The van der Waals surface area contributed by atoms with E-state index in [0.717, 1.165) is 27.6 Å². The zero-order valence-electron chi connectivity index (χ0n) is 19.3. The van der Waals surface area contributed by atoms with Gasteiger partial charge in [0.25, 0.3) is 0 Å². The molecule has 0 aliphatic carbocycles. The molecule has 0 unspecified atom stereocenters. The van der Waals surface area contributed by atoms with Crippen molar-refractivity contribution < 1.29 is 9.50 Å². The molecule has 0 aliphatic heterocycles. The van der Waals surface area contributed by atoms with Crippen molar-refractivity contribution in [2.24, 2.45) is 4.99 Å². The van der Waals surface area contributed by atoms with Crippen molar-refractivity contribution in [3.8, 4) is 11.1 Å². The lowest BCUT2D eigenvalue weighted by Crippen LogP contribution is -2.19. The van der Waals surface area contributed by atoms with Gasteiger partial charge in [-0.25, -0.2) is 14.4 Å². The second kappa shape index (κ2) is 9.44. The maximum absolute atomic E-state index is 14.6. The van der Waals surface area contributed by atoms with Crippen LogP contribution in [0.3, 0.4) is 0 Å². The van der Waals surface area contributed by atoms with Gasteiger partial charge in [0, 0.05) is 48.4 Å². The molecule has 2 aromatic carbocycles. The van der Waals surface area contributed by atoms with Crippen LogP contribution in [0.25, 0.3) is 22.0 Å². The van der Waals surface area contributed by atoms with Crippen molar-refractivity contribution in [3.63, 3.8) is 0 Å². The Morgan fingerprint density at radius 1 is 1.06 bits per heavy atom. The van der Waals surface area contributed by atoms with Gasteiger partial charge in [-0.3, -0.25) is 9.98 Å². The van der Waals surface area contributed by atoms with Crippen LogP contribution in [0.1, 0.15) is 43.8 Å². The third-order valence-corrected chi connectivity index (χ3v) is 5.77. The van der Waals surface area contributed by atoms with E-state index in [1.807, 2.05) is 25.1 Å². The zero-order chi connectivity index (χ0) is 24.5. The first-order valence-electron chi connectivity index (χ1n) is 10.8. The van der Waals surface area contributed by atoms with Crippen molar-refractivity contribution in [2.45, 2.75) is 32.4 Å². The molecule has 8 heteroatoms. The Bertz CT molecular complexity index is 1370. The van der Waals surface area contributed by atoms with E-state index < -0.39 is 5.60 Å². The first-order valence-corrected chi connectivity index (χ1v) is 11.2. The summed E-state index contributed by atoms with van der Waals surface area (Å²) in [5.41, 5.74) is 3.24. The maximum Gasteiger partial charge on any atom is 0.159 e. The number of anilines is 1. The van der Waals surface area contributed by atoms with Gasteiger partial charge in [0.05, 0.1) is 22.3 Å². The number of benzene rings is 2. The van der Waals surface area contributed by atoms with E-state index in [0.29, 0.717) is 22.1 Å². The predicted octanol–water partition coefficient (Wildman–Crippen LogP) is 5.93. The summed E-state index contributed by atoms with van der Waals surface area (Å²) in [5, 5.41) is 14.7. The van der Waals surface area contributed by atoms with E-state index in [9.17, 15) is 9.50 Å². The number of halogens is 2. The maximum atomic E-state index is 14.6. The number of rotatable bonds is 6. The Hall–Kier alpha value is -3.42. The minimum Gasteiger partial charge on any atom is -0.382 e. The number of hydrogen-bond donors (Lipinski definition) is 2. The molecule has 0 fully saturated rings. The summed E-state index contributed by atoms with van der Waals surface area (Å²) >= 11 is 6.53. The molecule has 0 bridgehead atoms. The van der Waals surface area contributed by atoms with E-state index >= 15 is 0 Å². The standard InChI is InChI=1S/C26H25ClFN5O/c1-15(19-9-16(11-29-4)5-7-22(19)28)33-24-20-10-17(6-8-23(20)30-14-21(24)27)18-12-31-25(32-13-18)26(2,3)34/h5-15,34H,1-4H3,(H,30,33)/t15-/m1/s1. The molecular weight excluding hydrogens is 453 g/mol. The largest absolute Gasteiger partial charge is 0.382 e. The predicted molar refractivity (Wildman–Crippen MR) is 135 cm³/mol. The quantitative estimate of drug-likeness (QED) is 0.336. The van der Waals surface area contributed by atoms with Crippen LogP contribution < -0.4 is 5.32 Å². The van der Waals surface area contributed by atoms with E-state index in [1.165, 1.54) is 6.07 Å². The van der Waals surface area contributed by atoms with Crippen LogP contribution in [0.4, 0.5) is 10.1 Å². The molecule has 6 nitrogen and oxygen atoms in total. The van der Waals surface area contributed by atoms with Gasteiger partial charge in [0.1, 0.15) is 11.4 Å². The number of aromatic nitrogens is 3. The third-order valence-electron chi connectivity index (χ3n) is 5.48. The summed E-state index contributed by atoms with van der Waals surface area (Å²) in [5.74, 6) is 0.0303. The minimum absolute atomic E-state index is 0.313. The lowest BCUT2D eigenvalue weighted by molar-refractivity contribution is 0.0687. The average molecular weight is 478 g/mol. The van der Waals surface area contributed by atoms with Crippen molar-refractivity contribution in [3.05, 3.63) is 82.8 Å². The highest BCUT2D eigenvalue weighted by Gasteiger charge is 2.20. The fourth-order valence-corrected chi connectivity index (χ4v) is 3.91. The monoisotopic (exact) mass is 477 g/mol. The number of aliphatic hydroxyl groups is 1. The normalized spacial score (nSPS) is 12.9. The first kappa shape index (κ1) is 23.7. The van der Waals surface area contributed by atoms with Crippen molar-refractivity contribution in [2.75, 3.05) is 12.4 Å². The van der Waals surface area contributed by atoms with Crippen LogP contribution in [0.5, 0.6) is 0 Å². The number of pyridine rings is 1. The first-order chi connectivity index (χ1) is 16.2. The van der Waals surface area contributed by atoms with Crippen LogP contribution >= 0.6 is 11.6 Å². The third kappa shape index (κ3) is 4.90. The van der Waals surface area contributed by atoms with Gasteiger partial charge < -0.3 is 10.4 Å². The average Bonchev–Trinajstić information content (AvgIpc) is 2.81. The van der Waals surface area contributed by atoms with Gasteiger partial charge in [0.2, 0.25) is 0 Å². The number of aliphatic imine (C=N–C) groups is 1. The van der Waals surface area contributed by atoms with E-state index in [1.54, 1.807) is 57.8 Å². The van der Waals surface area contributed by atoms with Crippen molar-refractivity contribution >= 4 is 34.4 Å². The highest BCUT2D eigenvalue weighted by Crippen LogP contribution is 2.35. The summed E-state index contributed by atoms with van der Waals surface area (Å²) in [6.07, 6.45) is 6.61. The molecule has 4 rings (SSSR count). The van der Waals surface area contributed by atoms with E-state index in [2.05, 4.69) is 25.3 Å². The SMILES string of the molecule is CN=Cc1ccc(F)c([C@@H](C)Nc2c(Cl)cnc3ccc(-c4cnc(C(C)(C)O)nc4)cc23)c1. The number of fused-ring (bicyclic) bond motifs is 1. The topological polar surface area (TPSA) is 83.3 Å². The molecule has 0 aliphatic rings. The highest BCUT2D eigenvalue weighted by atomic mass is 35.5. The number of nitrogens with one attached hydrogen (secondary N) is 1. The fraction of sp³-hybridized carbons (Fsp3) is 0.231. The van der Waals surface area contributed by atoms with Gasteiger partial charge in [0.15, 0.2) is 5.82 Å². The Kier molecular flexibility index (Phi) is 6.59. The smallest absolute Gasteiger partial charge is 0.159 e. The Morgan fingerprint density at radius 3 is 2.47 bits per heavy atom. The van der Waals surface area contributed by atoms with E-state index in [-0.39, 0.29) is 11.9 Å².